The average molecular weight is 393 g/mol. The number of hydrogen-bond acceptors (Lipinski definition) is 7. The third kappa shape index (κ3) is 3.80. The maximum Gasteiger partial charge on any atom is 0.347 e. The molecule has 29 heavy (non-hydrogen) atoms. The van der Waals surface area contributed by atoms with Crippen molar-refractivity contribution in [3.05, 3.63) is 76.5 Å². The van der Waals surface area contributed by atoms with Crippen LogP contribution in [0.4, 0.5) is 5.69 Å². The van der Waals surface area contributed by atoms with Crippen molar-refractivity contribution in [3.63, 3.8) is 0 Å². The van der Waals surface area contributed by atoms with E-state index in [0.29, 0.717) is 16.8 Å². The molecule has 0 saturated carbocycles. The van der Waals surface area contributed by atoms with Gasteiger partial charge in [-0.2, -0.15) is 0 Å². The fourth-order valence-electron chi connectivity index (χ4n) is 3.03. The highest BCUT2D eigenvalue weighted by Crippen LogP contribution is 2.32. The zero-order valence-electron chi connectivity index (χ0n) is 16.0. The standard InChI is InChI=1S/C22H19NO6/c1-3-28-21(26)16(22(27)29-4-2)12-23-17-11-7-10-15-18(17)20(25)14-9-6-5-8-13(14)19(15)24/h5-12,23H,3-4H2,1-2H3. The quantitative estimate of drug-likeness (QED) is 0.298. The van der Waals surface area contributed by atoms with E-state index in [2.05, 4.69) is 5.32 Å². The van der Waals surface area contributed by atoms with Gasteiger partial charge in [-0.25, -0.2) is 9.59 Å². The Balaban J connectivity index is 2.02. The van der Waals surface area contributed by atoms with Crippen LogP contribution in [-0.4, -0.2) is 36.7 Å². The molecule has 0 heterocycles. The lowest BCUT2D eigenvalue weighted by Crippen LogP contribution is -2.23. The summed E-state index contributed by atoms with van der Waals surface area (Å²) in [7, 11) is 0. The van der Waals surface area contributed by atoms with Gasteiger partial charge in [0.25, 0.3) is 0 Å². The summed E-state index contributed by atoms with van der Waals surface area (Å²) >= 11 is 0. The molecule has 2 aromatic rings. The smallest absolute Gasteiger partial charge is 0.347 e. The lowest BCUT2D eigenvalue weighted by molar-refractivity contribution is -0.146. The molecule has 1 aliphatic rings. The van der Waals surface area contributed by atoms with Crippen molar-refractivity contribution >= 4 is 29.2 Å². The molecule has 1 N–H and O–H groups in total. The van der Waals surface area contributed by atoms with Crippen LogP contribution in [0, 0.1) is 0 Å². The number of hydrogen-bond donors (Lipinski definition) is 1. The van der Waals surface area contributed by atoms with E-state index in [4.69, 9.17) is 9.47 Å². The lowest BCUT2D eigenvalue weighted by atomic mass is 9.83. The first-order valence-electron chi connectivity index (χ1n) is 9.12. The summed E-state index contributed by atoms with van der Waals surface area (Å²) < 4.78 is 9.78. The number of esters is 2. The van der Waals surface area contributed by atoms with Gasteiger partial charge in [0.2, 0.25) is 0 Å². The van der Waals surface area contributed by atoms with Crippen molar-refractivity contribution in [2.24, 2.45) is 0 Å². The third-order valence-corrected chi connectivity index (χ3v) is 4.32. The van der Waals surface area contributed by atoms with E-state index in [-0.39, 0.29) is 41.5 Å². The van der Waals surface area contributed by atoms with Crippen molar-refractivity contribution in [2.75, 3.05) is 18.5 Å². The molecule has 148 valence electrons. The van der Waals surface area contributed by atoms with Crippen LogP contribution >= 0.6 is 0 Å². The molecule has 0 saturated heterocycles. The molecule has 0 radical (unpaired) electrons. The number of fused-ring (bicyclic) bond motifs is 2. The Morgan fingerprint density at radius 2 is 1.38 bits per heavy atom. The highest BCUT2D eigenvalue weighted by molar-refractivity contribution is 6.30. The second-order valence-electron chi connectivity index (χ2n) is 6.08. The fourth-order valence-corrected chi connectivity index (χ4v) is 3.03. The Labute approximate surface area is 167 Å². The topological polar surface area (TPSA) is 98.8 Å². The number of nitrogens with one attached hydrogen (secondary N) is 1. The molecule has 0 aromatic heterocycles. The normalized spacial score (nSPS) is 11.8. The molecular weight excluding hydrogens is 374 g/mol. The molecule has 2 aromatic carbocycles. The minimum absolute atomic E-state index is 0.0834. The zero-order chi connectivity index (χ0) is 21.0. The molecule has 7 heteroatoms. The summed E-state index contributed by atoms with van der Waals surface area (Å²) in [6.45, 7) is 3.40. The molecule has 0 unspecified atom stereocenters. The number of anilines is 1. The molecular formula is C22H19NO6. The van der Waals surface area contributed by atoms with E-state index in [0.717, 1.165) is 6.20 Å². The predicted octanol–water partition coefficient (Wildman–Crippen LogP) is 2.88. The Morgan fingerprint density at radius 1 is 0.828 bits per heavy atom. The first-order chi connectivity index (χ1) is 14.0. The Kier molecular flexibility index (Phi) is 5.87. The number of ketones is 2. The van der Waals surface area contributed by atoms with E-state index in [1.54, 1.807) is 56.3 Å². The van der Waals surface area contributed by atoms with Crippen molar-refractivity contribution in [3.8, 4) is 0 Å². The van der Waals surface area contributed by atoms with Gasteiger partial charge in [0, 0.05) is 22.9 Å². The van der Waals surface area contributed by atoms with Gasteiger partial charge in [0.15, 0.2) is 17.1 Å². The molecule has 0 aliphatic heterocycles. The first-order valence-corrected chi connectivity index (χ1v) is 9.12. The molecule has 0 amide bonds. The first kappa shape index (κ1) is 20.0. The summed E-state index contributed by atoms with van der Waals surface area (Å²) in [4.78, 5) is 50.0. The lowest BCUT2D eigenvalue weighted by Gasteiger charge is -2.20. The van der Waals surface area contributed by atoms with Crippen LogP contribution in [0.5, 0.6) is 0 Å². The number of ether oxygens (including phenoxy) is 2. The summed E-state index contributed by atoms with van der Waals surface area (Å²) in [5.41, 5.74) is 1.03. The summed E-state index contributed by atoms with van der Waals surface area (Å²) in [6.07, 6.45) is 1.13. The fraction of sp³-hybridized carbons (Fsp3) is 0.182. The average Bonchev–Trinajstić information content (AvgIpc) is 2.72. The van der Waals surface area contributed by atoms with Gasteiger partial charge in [-0.15, -0.1) is 0 Å². The maximum absolute atomic E-state index is 13.0. The van der Waals surface area contributed by atoms with Crippen molar-refractivity contribution in [2.45, 2.75) is 13.8 Å². The van der Waals surface area contributed by atoms with Gasteiger partial charge >= 0.3 is 11.9 Å². The Morgan fingerprint density at radius 3 is 1.97 bits per heavy atom. The van der Waals surface area contributed by atoms with E-state index in [1.165, 1.54) is 0 Å². The van der Waals surface area contributed by atoms with Crippen LogP contribution in [0.2, 0.25) is 0 Å². The van der Waals surface area contributed by atoms with Crippen molar-refractivity contribution < 1.29 is 28.7 Å². The summed E-state index contributed by atoms with van der Waals surface area (Å²) in [6, 6.07) is 11.4. The molecule has 0 spiro atoms. The molecule has 1 aliphatic carbocycles. The van der Waals surface area contributed by atoms with E-state index in [1.807, 2.05) is 0 Å². The number of rotatable bonds is 6. The second-order valence-corrected chi connectivity index (χ2v) is 6.08. The second kappa shape index (κ2) is 8.52. The van der Waals surface area contributed by atoms with Crippen molar-refractivity contribution in [1.82, 2.24) is 0 Å². The number of carbonyl (C=O) groups is 4. The number of carbonyl (C=O) groups excluding carboxylic acids is 4. The largest absolute Gasteiger partial charge is 0.462 e. The van der Waals surface area contributed by atoms with Gasteiger partial charge in [0.1, 0.15) is 0 Å². The number of benzene rings is 2. The third-order valence-electron chi connectivity index (χ3n) is 4.32. The van der Waals surface area contributed by atoms with Gasteiger partial charge in [-0.3, -0.25) is 9.59 Å². The van der Waals surface area contributed by atoms with Crippen LogP contribution in [0.3, 0.4) is 0 Å². The summed E-state index contributed by atoms with van der Waals surface area (Å²) in [5.74, 6) is -2.29. The van der Waals surface area contributed by atoms with Crippen LogP contribution in [0.1, 0.15) is 45.7 Å². The monoisotopic (exact) mass is 393 g/mol. The molecule has 3 rings (SSSR count). The predicted molar refractivity (Wildman–Crippen MR) is 105 cm³/mol. The van der Waals surface area contributed by atoms with E-state index in [9.17, 15) is 19.2 Å². The van der Waals surface area contributed by atoms with Gasteiger partial charge < -0.3 is 14.8 Å². The Hall–Kier alpha value is -3.74. The van der Waals surface area contributed by atoms with Crippen LogP contribution in [0.15, 0.2) is 54.2 Å². The molecule has 7 nitrogen and oxygen atoms in total. The van der Waals surface area contributed by atoms with E-state index < -0.39 is 11.9 Å². The minimum Gasteiger partial charge on any atom is -0.462 e. The van der Waals surface area contributed by atoms with Crippen molar-refractivity contribution in [1.29, 1.82) is 0 Å². The van der Waals surface area contributed by atoms with Gasteiger partial charge in [-0.1, -0.05) is 36.4 Å². The highest BCUT2D eigenvalue weighted by Gasteiger charge is 2.31. The van der Waals surface area contributed by atoms with E-state index >= 15 is 0 Å². The highest BCUT2D eigenvalue weighted by atomic mass is 16.6. The molecule has 0 fully saturated rings. The zero-order valence-corrected chi connectivity index (χ0v) is 16.0. The van der Waals surface area contributed by atoms with Crippen LogP contribution in [0.25, 0.3) is 0 Å². The summed E-state index contributed by atoms with van der Waals surface area (Å²) in [5, 5.41) is 2.80. The molecule has 0 atom stereocenters. The minimum atomic E-state index is -0.851. The molecule has 0 bridgehead atoms. The van der Waals surface area contributed by atoms with Gasteiger partial charge in [-0.05, 0) is 19.9 Å². The maximum atomic E-state index is 13.0. The Bertz CT molecular complexity index is 1020. The van der Waals surface area contributed by atoms with Crippen LogP contribution < -0.4 is 5.32 Å². The van der Waals surface area contributed by atoms with Gasteiger partial charge in [0.05, 0.1) is 24.5 Å². The SMILES string of the molecule is CCOC(=O)C(=CNc1cccc2c1C(=O)c1ccccc1C2=O)C(=O)OCC. The van der Waals surface area contributed by atoms with Crippen LogP contribution in [-0.2, 0) is 19.1 Å².